The molecule has 434 valence electrons. The molecule has 0 aromatic carbocycles. The molecule has 0 N–H and O–H groups in total. The lowest BCUT2D eigenvalue weighted by atomic mass is 10.0. The Morgan fingerprint density at radius 3 is 0.548 bits per heavy atom. The molecule has 0 radical (unpaired) electrons. The lowest BCUT2D eigenvalue weighted by Gasteiger charge is -2.18. The third-order valence-electron chi connectivity index (χ3n) is 15.6. The van der Waals surface area contributed by atoms with E-state index in [-0.39, 0.29) is 31.1 Å². The molecule has 1 unspecified atom stereocenters. The zero-order chi connectivity index (χ0) is 52.9. The Kier molecular flexibility index (Phi) is 61.6. The minimum absolute atomic E-state index is 0.0613. The van der Waals surface area contributed by atoms with Gasteiger partial charge in [-0.3, -0.25) is 14.4 Å². The Balaban J connectivity index is 3.97. The number of esters is 3. The zero-order valence-corrected chi connectivity index (χ0v) is 50.0. The van der Waals surface area contributed by atoms with Crippen molar-refractivity contribution in [2.45, 2.75) is 399 Å². The molecule has 6 nitrogen and oxygen atoms in total. The van der Waals surface area contributed by atoms with Crippen molar-refractivity contribution in [3.8, 4) is 0 Å². The molecular weight excluding hydrogens is 901 g/mol. The molecule has 0 amide bonds. The van der Waals surface area contributed by atoms with E-state index in [9.17, 15) is 14.4 Å². The van der Waals surface area contributed by atoms with Gasteiger partial charge in [0, 0.05) is 19.3 Å². The van der Waals surface area contributed by atoms with Gasteiger partial charge in [-0.05, 0) is 19.3 Å². The highest BCUT2D eigenvalue weighted by atomic mass is 16.6. The molecule has 0 spiro atoms. The van der Waals surface area contributed by atoms with E-state index in [1.807, 2.05) is 0 Å². The molecular formula is C67H130O6. The monoisotopic (exact) mass is 1030 g/mol. The molecule has 0 rings (SSSR count). The predicted molar refractivity (Wildman–Crippen MR) is 317 cm³/mol. The van der Waals surface area contributed by atoms with Gasteiger partial charge in [0.25, 0.3) is 0 Å². The van der Waals surface area contributed by atoms with E-state index >= 15 is 0 Å². The van der Waals surface area contributed by atoms with E-state index in [4.69, 9.17) is 14.2 Å². The van der Waals surface area contributed by atoms with Crippen molar-refractivity contribution in [3.05, 3.63) is 0 Å². The van der Waals surface area contributed by atoms with Crippen molar-refractivity contribution < 1.29 is 28.6 Å². The first kappa shape index (κ1) is 71.4. The van der Waals surface area contributed by atoms with Crippen LogP contribution in [0.5, 0.6) is 0 Å². The van der Waals surface area contributed by atoms with Crippen LogP contribution in [0.2, 0.25) is 0 Å². The van der Waals surface area contributed by atoms with E-state index in [2.05, 4.69) is 20.8 Å². The zero-order valence-electron chi connectivity index (χ0n) is 50.0. The minimum Gasteiger partial charge on any atom is -0.462 e. The Labute approximate surface area is 457 Å². The van der Waals surface area contributed by atoms with E-state index in [1.54, 1.807) is 0 Å². The SMILES string of the molecule is CCCCCCCCCCCCCCCCCCCCCCCCCCCCCCCCCC(=O)OCC(COC(=O)CCCCCCCCCC)OC(=O)CCCCCCCCCCCCCCCCCC. The molecule has 0 bridgehead atoms. The molecule has 6 heteroatoms. The molecule has 0 aromatic heterocycles. The number of ether oxygens (including phenoxy) is 3. The van der Waals surface area contributed by atoms with Gasteiger partial charge in [-0.1, -0.05) is 355 Å². The topological polar surface area (TPSA) is 78.9 Å². The molecule has 0 saturated carbocycles. The standard InChI is InChI=1S/C67H130O6/c1-4-7-10-13-16-19-21-23-25-27-28-29-30-31-32-33-34-35-36-37-38-39-40-41-43-44-46-48-51-54-57-60-66(69)72-63-64(62-71-65(68)59-56-53-50-18-15-12-9-6-3)73-67(70)61-58-55-52-49-47-45-42-26-24-22-20-17-14-11-8-5-2/h64H,4-63H2,1-3H3. The Bertz CT molecular complexity index is 1090. The number of carbonyl (C=O) groups is 3. The smallest absolute Gasteiger partial charge is 0.306 e. The second kappa shape index (κ2) is 62.9. The first-order valence-electron chi connectivity index (χ1n) is 33.5. The summed E-state index contributed by atoms with van der Waals surface area (Å²) in [6.45, 7) is 6.69. The number of unbranched alkanes of at least 4 members (excludes halogenated alkanes) is 52. The summed E-state index contributed by atoms with van der Waals surface area (Å²) in [5.74, 6) is -0.835. The number of rotatable bonds is 63. The fourth-order valence-corrected chi connectivity index (χ4v) is 10.6. The van der Waals surface area contributed by atoms with Crippen LogP contribution in [0.15, 0.2) is 0 Å². The molecule has 0 heterocycles. The van der Waals surface area contributed by atoms with Gasteiger partial charge >= 0.3 is 17.9 Å². The van der Waals surface area contributed by atoms with Gasteiger partial charge in [0.15, 0.2) is 6.10 Å². The van der Waals surface area contributed by atoms with E-state index in [1.165, 1.54) is 295 Å². The molecule has 0 aliphatic carbocycles. The van der Waals surface area contributed by atoms with Crippen molar-refractivity contribution in [3.63, 3.8) is 0 Å². The van der Waals surface area contributed by atoms with Crippen LogP contribution in [0.4, 0.5) is 0 Å². The third-order valence-corrected chi connectivity index (χ3v) is 15.6. The molecule has 1 atom stereocenters. The lowest BCUT2D eigenvalue weighted by molar-refractivity contribution is -0.167. The summed E-state index contributed by atoms with van der Waals surface area (Å²) in [7, 11) is 0. The van der Waals surface area contributed by atoms with Crippen LogP contribution >= 0.6 is 0 Å². The molecule has 0 aromatic rings. The van der Waals surface area contributed by atoms with Crippen molar-refractivity contribution in [2.75, 3.05) is 13.2 Å². The first-order valence-corrected chi connectivity index (χ1v) is 33.5. The average Bonchev–Trinajstić information content (AvgIpc) is 3.39. The van der Waals surface area contributed by atoms with Crippen LogP contribution in [0.3, 0.4) is 0 Å². The van der Waals surface area contributed by atoms with E-state index in [0.717, 1.165) is 57.8 Å². The van der Waals surface area contributed by atoms with Crippen LogP contribution < -0.4 is 0 Å². The molecule has 0 aliphatic rings. The van der Waals surface area contributed by atoms with Gasteiger partial charge < -0.3 is 14.2 Å². The normalized spacial score (nSPS) is 11.9. The van der Waals surface area contributed by atoms with Gasteiger partial charge in [0.05, 0.1) is 0 Å². The fourth-order valence-electron chi connectivity index (χ4n) is 10.6. The van der Waals surface area contributed by atoms with Crippen LogP contribution in [-0.2, 0) is 28.6 Å². The third kappa shape index (κ3) is 61.1. The second-order valence-electron chi connectivity index (χ2n) is 23.1. The van der Waals surface area contributed by atoms with Gasteiger partial charge in [0.2, 0.25) is 0 Å². The van der Waals surface area contributed by atoms with Crippen molar-refractivity contribution >= 4 is 17.9 Å². The fraction of sp³-hybridized carbons (Fsp3) is 0.955. The molecule has 0 saturated heterocycles. The lowest BCUT2D eigenvalue weighted by Crippen LogP contribution is -2.30. The minimum atomic E-state index is -0.761. The average molecular weight is 1030 g/mol. The summed E-state index contributed by atoms with van der Waals surface area (Å²) in [4.78, 5) is 38.1. The van der Waals surface area contributed by atoms with Gasteiger partial charge in [-0.2, -0.15) is 0 Å². The van der Waals surface area contributed by atoms with Crippen LogP contribution in [-0.4, -0.2) is 37.2 Å². The van der Waals surface area contributed by atoms with Crippen molar-refractivity contribution in [2.24, 2.45) is 0 Å². The summed E-state index contributed by atoms with van der Waals surface area (Å²) in [5.41, 5.74) is 0. The number of hydrogen-bond donors (Lipinski definition) is 0. The second-order valence-corrected chi connectivity index (χ2v) is 23.1. The van der Waals surface area contributed by atoms with E-state index < -0.39 is 6.10 Å². The molecule has 0 fully saturated rings. The maximum atomic E-state index is 12.8. The highest BCUT2D eigenvalue weighted by Gasteiger charge is 2.19. The Morgan fingerprint density at radius 2 is 0.370 bits per heavy atom. The molecule has 73 heavy (non-hydrogen) atoms. The number of hydrogen-bond acceptors (Lipinski definition) is 6. The van der Waals surface area contributed by atoms with Crippen molar-refractivity contribution in [1.29, 1.82) is 0 Å². The van der Waals surface area contributed by atoms with Crippen LogP contribution in [0, 0.1) is 0 Å². The van der Waals surface area contributed by atoms with Gasteiger partial charge in [0.1, 0.15) is 13.2 Å². The highest BCUT2D eigenvalue weighted by molar-refractivity contribution is 5.71. The summed E-state index contributed by atoms with van der Waals surface area (Å²) in [6, 6.07) is 0. The largest absolute Gasteiger partial charge is 0.462 e. The van der Waals surface area contributed by atoms with Crippen LogP contribution in [0.1, 0.15) is 393 Å². The predicted octanol–water partition coefficient (Wildman–Crippen LogP) is 22.7. The summed E-state index contributed by atoms with van der Waals surface area (Å²) in [5, 5.41) is 0. The van der Waals surface area contributed by atoms with Gasteiger partial charge in [-0.15, -0.1) is 0 Å². The van der Waals surface area contributed by atoms with Gasteiger partial charge in [-0.25, -0.2) is 0 Å². The Morgan fingerprint density at radius 1 is 0.219 bits per heavy atom. The Hall–Kier alpha value is -1.59. The summed E-state index contributed by atoms with van der Waals surface area (Å²) >= 11 is 0. The quantitative estimate of drug-likeness (QED) is 0.0343. The first-order chi connectivity index (χ1) is 36.0. The molecule has 0 aliphatic heterocycles. The van der Waals surface area contributed by atoms with E-state index in [0.29, 0.717) is 19.3 Å². The summed E-state index contributed by atoms with van der Waals surface area (Å²) < 4.78 is 16.9. The maximum Gasteiger partial charge on any atom is 0.306 e. The summed E-state index contributed by atoms with van der Waals surface area (Å²) in [6.07, 6.45) is 73.0. The highest BCUT2D eigenvalue weighted by Crippen LogP contribution is 2.19. The van der Waals surface area contributed by atoms with Crippen LogP contribution in [0.25, 0.3) is 0 Å². The maximum absolute atomic E-state index is 12.8. The number of carbonyl (C=O) groups excluding carboxylic acids is 3. The van der Waals surface area contributed by atoms with Crippen molar-refractivity contribution in [1.82, 2.24) is 0 Å².